The van der Waals surface area contributed by atoms with Crippen molar-refractivity contribution in [3.05, 3.63) is 129 Å². The number of benzene rings is 4. The fraction of sp³-hybridized carbons (Fsp3) is 0.0588. The zero-order chi connectivity index (χ0) is 32.5. The molecule has 0 aliphatic rings. The summed E-state index contributed by atoms with van der Waals surface area (Å²) in [7, 11) is 1.61. The Kier molecular flexibility index (Phi) is 11.1. The molecule has 0 unspecified atom stereocenters. The van der Waals surface area contributed by atoms with E-state index in [1.165, 1.54) is 29.2 Å². The number of thioether (sulfide) groups is 1. The summed E-state index contributed by atoms with van der Waals surface area (Å²) in [6, 6.07) is 28.1. The van der Waals surface area contributed by atoms with Gasteiger partial charge < -0.3 is 20.7 Å². The van der Waals surface area contributed by atoms with Crippen molar-refractivity contribution < 1.29 is 19.1 Å². The van der Waals surface area contributed by atoms with Gasteiger partial charge in [0.2, 0.25) is 5.91 Å². The lowest BCUT2D eigenvalue weighted by Gasteiger charge is -2.12. The molecule has 0 fully saturated rings. The Bertz CT molecular complexity index is 1900. The summed E-state index contributed by atoms with van der Waals surface area (Å²) < 4.78 is 5.27. The molecule has 1 heterocycles. The van der Waals surface area contributed by atoms with Crippen molar-refractivity contribution in [3.63, 3.8) is 0 Å². The molecule has 5 rings (SSSR count). The van der Waals surface area contributed by atoms with Gasteiger partial charge in [0.15, 0.2) is 5.13 Å². The molecule has 0 radical (unpaired) electrons. The van der Waals surface area contributed by atoms with Crippen LogP contribution in [0, 0.1) is 0 Å². The molecule has 12 heteroatoms. The maximum absolute atomic E-state index is 13.3. The normalized spacial score (nSPS) is 11.1. The third kappa shape index (κ3) is 8.76. The van der Waals surface area contributed by atoms with Crippen LogP contribution in [0.3, 0.4) is 0 Å². The van der Waals surface area contributed by atoms with Gasteiger partial charge in [0.1, 0.15) is 11.4 Å². The van der Waals surface area contributed by atoms with Gasteiger partial charge in [-0.25, -0.2) is 4.98 Å². The first-order valence-corrected chi connectivity index (χ1v) is 16.4. The number of ether oxygens (including phenoxy) is 1. The molecule has 0 aliphatic carbocycles. The van der Waals surface area contributed by atoms with E-state index in [2.05, 4.69) is 20.9 Å². The zero-order valence-electron chi connectivity index (χ0n) is 24.3. The highest BCUT2D eigenvalue weighted by molar-refractivity contribution is 8.00. The highest BCUT2D eigenvalue weighted by Crippen LogP contribution is 2.29. The van der Waals surface area contributed by atoms with Gasteiger partial charge in [-0.15, -0.1) is 23.1 Å². The number of methoxy groups -OCH3 is 1. The second-order valence-electron chi connectivity index (χ2n) is 9.61. The van der Waals surface area contributed by atoms with E-state index >= 15 is 0 Å². The van der Waals surface area contributed by atoms with Gasteiger partial charge >= 0.3 is 0 Å². The molecule has 0 saturated heterocycles. The van der Waals surface area contributed by atoms with Gasteiger partial charge in [-0.1, -0.05) is 65.7 Å². The van der Waals surface area contributed by atoms with Crippen molar-refractivity contribution in [2.45, 2.75) is 4.90 Å². The monoisotopic (exact) mass is 688 g/mol. The van der Waals surface area contributed by atoms with E-state index in [9.17, 15) is 14.4 Å². The molecule has 4 aromatic carbocycles. The number of halogens is 2. The summed E-state index contributed by atoms with van der Waals surface area (Å²) in [6.07, 6.45) is 1.47. The molecule has 232 valence electrons. The van der Waals surface area contributed by atoms with Crippen LogP contribution in [0.1, 0.15) is 15.9 Å². The van der Waals surface area contributed by atoms with Crippen LogP contribution in [0.25, 0.3) is 17.3 Å². The van der Waals surface area contributed by atoms with Crippen LogP contribution >= 0.6 is 46.3 Å². The summed E-state index contributed by atoms with van der Waals surface area (Å²) in [5.41, 5.74) is 2.96. The second kappa shape index (κ2) is 15.6. The summed E-state index contributed by atoms with van der Waals surface area (Å²) in [6.45, 7) is 0. The minimum atomic E-state index is -0.558. The number of nitrogens with zero attached hydrogens (tertiary/aromatic N) is 1. The predicted octanol–water partition coefficient (Wildman–Crippen LogP) is 8.27. The molecule has 0 atom stereocenters. The van der Waals surface area contributed by atoms with E-state index in [0.29, 0.717) is 27.0 Å². The fourth-order valence-electron chi connectivity index (χ4n) is 4.11. The molecule has 0 aliphatic heterocycles. The molecule has 3 amide bonds. The highest BCUT2D eigenvalue weighted by atomic mass is 35.5. The first kappa shape index (κ1) is 32.8. The largest absolute Gasteiger partial charge is 0.497 e. The SMILES string of the molecule is COc1cccc(-c2csc(NC(=O)CSc3ccc(NC(=O)/C(=C/c4cccc(Cl)c4Cl)NC(=O)c4ccccc4)cc3)n2)c1. The fourth-order valence-corrected chi connectivity index (χ4v) is 5.91. The average Bonchev–Trinajstić information content (AvgIpc) is 3.55. The quantitative estimate of drug-likeness (QED) is 0.0952. The van der Waals surface area contributed by atoms with E-state index in [1.54, 1.807) is 79.9 Å². The van der Waals surface area contributed by atoms with Gasteiger partial charge in [-0.2, -0.15) is 0 Å². The van der Waals surface area contributed by atoms with E-state index in [1.807, 2.05) is 29.6 Å². The molecule has 0 spiro atoms. The lowest BCUT2D eigenvalue weighted by atomic mass is 10.1. The second-order valence-corrected chi connectivity index (χ2v) is 12.3. The molecule has 1 aromatic heterocycles. The lowest BCUT2D eigenvalue weighted by molar-refractivity contribution is -0.114. The Morgan fingerprint density at radius 2 is 1.67 bits per heavy atom. The predicted molar refractivity (Wildman–Crippen MR) is 187 cm³/mol. The van der Waals surface area contributed by atoms with Gasteiger partial charge in [0.25, 0.3) is 11.8 Å². The summed E-state index contributed by atoms with van der Waals surface area (Å²) in [5.74, 6) is -0.320. The maximum atomic E-state index is 13.3. The number of carbonyl (C=O) groups excluding carboxylic acids is 3. The standard InChI is InChI=1S/C34H26Cl2N4O4S2/c1-44-25-11-5-9-22(17-25)29-19-46-34(39-29)40-30(41)20-45-26-15-13-24(14-16-26)37-33(43)28(18-23-10-6-12-27(35)31(23)36)38-32(42)21-7-3-2-4-8-21/h2-19H,20H2,1H3,(H,37,43)(H,38,42)(H,39,40,41)/b28-18-. The third-order valence-corrected chi connectivity index (χ3v) is 9.01. The Morgan fingerprint density at radius 1 is 0.913 bits per heavy atom. The molecule has 8 nitrogen and oxygen atoms in total. The third-order valence-electron chi connectivity index (χ3n) is 6.41. The number of amides is 3. The molecular formula is C34H26Cl2N4O4S2. The van der Waals surface area contributed by atoms with E-state index < -0.39 is 11.8 Å². The molecule has 3 N–H and O–H groups in total. The summed E-state index contributed by atoms with van der Waals surface area (Å²) in [5, 5.41) is 11.3. The first-order chi connectivity index (χ1) is 22.3. The average molecular weight is 690 g/mol. The first-order valence-electron chi connectivity index (χ1n) is 13.7. The molecule has 0 saturated carbocycles. The van der Waals surface area contributed by atoms with E-state index in [0.717, 1.165) is 21.9 Å². The smallest absolute Gasteiger partial charge is 0.272 e. The molecule has 0 bridgehead atoms. The van der Waals surface area contributed by atoms with Crippen LogP contribution < -0.4 is 20.7 Å². The Balaban J connectivity index is 1.20. The van der Waals surface area contributed by atoms with Crippen LogP contribution in [0.4, 0.5) is 10.8 Å². The van der Waals surface area contributed by atoms with Crippen LogP contribution in [0.15, 0.2) is 113 Å². The van der Waals surface area contributed by atoms with E-state index in [-0.39, 0.29) is 22.4 Å². The van der Waals surface area contributed by atoms with E-state index in [4.69, 9.17) is 27.9 Å². The number of nitrogens with one attached hydrogen (secondary N) is 3. The number of thiazole rings is 1. The number of rotatable bonds is 11. The molecular weight excluding hydrogens is 663 g/mol. The zero-order valence-corrected chi connectivity index (χ0v) is 27.4. The Labute approximate surface area is 283 Å². The maximum Gasteiger partial charge on any atom is 0.272 e. The Hall–Kier alpha value is -4.61. The van der Waals surface area contributed by atoms with Gasteiger partial charge in [-0.3, -0.25) is 14.4 Å². The van der Waals surface area contributed by atoms with Gasteiger partial charge in [0.05, 0.1) is 28.6 Å². The molecule has 46 heavy (non-hydrogen) atoms. The van der Waals surface area contributed by atoms with Crippen LogP contribution in [-0.4, -0.2) is 35.6 Å². The van der Waals surface area contributed by atoms with Crippen LogP contribution in [0.5, 0.6) is 5.75 Å². The highest BCUT2D eigenvalue weighted by Gasteiger charge is 2.17. The van der Waals surface area contributed by atoms with Crippen LogP contribution in [0.2, 0.25) is 10.0 Å². The minimum absolute atomic E-state index is 0.0233. The summed E-state index contributed by atoms with van der Waals surface area (Å²) in [4.78, 5) is 44.2. The van der Waals surface area contributed by atoms with Crippen molar-refractivity contribution in [2.24, 2.45) is 0 Å². The van der Waals surface area contributed by atoms with Crippen molar-refractivity contribution in [2.75, 3.05) is 23.5 Å². The number of aromatic nitrogens is 1. The van der Waals surface area contributed by atoms with Crippen LogP contribution in [-0.2, 0) is 9.59 Å². The van der Waals surface area contributed by atoms with Crippen molar-refractivity contribution in [1.82, 2.24) is 10.3 Å². The topological polar surface area (TPSA) is 109 Å². The number of carbonyl (C=O) groups is 3. The number of anilines is 2. The van der Waals surface area contributed by atoms with Gasteiger partial charge in [0, 0.05) is 27.1 Å². The molecule has 5 aromatic rings. The number of hydrogen-bond donors (Lipinski definition) is 3. The van der Waals surface area contributed by atoms with Crippen molar-refractivity contribution >= 4 is 80.9 Å². The van der Waals surface area contributed by atoms with Crippen molar-refractivity contribution in [1.29, 1.82) is 0 Å². The Morgan fingerprint density at radius 3 is 2.43 bits per heavy atom. The summed E-state index contributed by atoms with van der Waals surface area (Å²) >= 11 is 15.2. The number of hydrogen-bond acceptors (Lipinski definition) is 7. The lowest BCUT2D eigenvalue weighted by Crippen LogP contribution is -2.30. The minimum Gasteiger partial charge on any atom is -0.497 e. The van der Waals surface area contributed by atoms with Crippen molar-refractivity contribution in [3.8, 4) is 17.0 Å². The van der Waals surface area contributed by atoms with Gasteiger partial charge in [-0.05, 0) is 66.2 Å².